The van der Waals surface area contributed by atoms with Gasteiger partial charge in [0.15, 0.2) is 5.54 Å². The Labute approximate surface area is 110 Å². The summed E-state index contributed by atoms with van der Waals surface area (Å²) < 4.78 is 47.2. The molecule has 8 heteroatoms. The van der Waals surface area contributed by atoms with Crippen LogP contribution in [0.25, 0.3) is 0 Å². The lowest BCUT2D eigenvalue weighted by Gasteiger charge is -2.26. The zero-order valence-corrected chi connectivity index (χ0v) is 11.2. The Balaban J connectivity index is 3.70. The van der Waals surface area contributed by atoms with Crippen molar-refractivity contribution in [3.8, 4) is 0 Å². The van der Waals surface area contributed by atoms with Crippen LogP contribution >= 0.6 is 0 Å². The number of hydrogen-bond acceptors (Lipinski definition) is 4. The Hall–Kier alpha value is -0.860. The van der Waals surface area contributed by atoms with Crippen molar-refractivity contribution in [2.75, 3.05) is 33.5 Å². The van der Waals surface area contributed by atoms with Gasteiger partial charge in [-0.2, -0.15) is 13.2 Å². The van der Waals surface area contributed by atoms with Crippen LogP contribution in [0.5, 0.6) is 0 Å². The minimum Gasteiger partial charge on any atom is -0.382 e. The summed E-state index contributed by atoms with van der Waals surface area (Å²) in [6.07, 6.45) is -3.61. The maximum atomic E-state index is 12.4. The molecule has 0 aromatic heterocycles. The van der Waals surface area contributed by atoms with E-state index in [1.54, 1.807) is 7.11 Å². The van der Waals surface area contributed by atoms with Gasteiger partial charge in [0, 0.05) is 20.3 Å². The molecule has 0 spiro atoms. The molecule has 1 unspecified atom stereocenters. The number of ether oxygens (including phenoxy) is 2. The predicted octanol–water partition coefficient (Wildman–Crippen LogP) is 0.826. The molecule has 0 bridgehead atoms. The second kappa shape index (κ2) is 8.34. The van der Waals surface area contributed by atoms with E-state index in [-0.39, 0.29) is 6.54 Å². The van der Waals surface area contributed by atoms with Gasteiger partial charge < -0.3 is 20.5 Å². The first-order chi connectivity index (χ1) is 8.73. The highest BCUT2D eigenvalue weighted by Crippen LogP contribution is 2.27. The Bertz CT molecular complexity index is 270. The number of unbranched alkanes of at least 4 members (excludes halogenated alkanes) is 1. The van der Waals surface area contributed by atoms with Crippen LogP contribution in [0, 0.1) is 0 Å². The lowest BCUT2D eigenvalue weighted by Crippen LogP contribution is -2.61. The minimum atomic E-state index is -4.76. The molecule has 3 N–H and O–H groups in total. The first-order valence-electron chi connectivity index (χ1n) is 5.94. The van der Waals surface area contributed by atoms with Gasteiger partial charge in [0.05, 0.1) is 13.2 Å². The number of alkyl halides is 3. The molecule has 19 heavy (non-hydrogen) atoms. The molecule has 0 aliphatic rings. The van der Waals surface area contributed by atoms with Crippen LogP contribution in [0.4, 0.5) is 13.2 Å². The van der Waals surface area contributed by atoms with E-state index < -0.39 is 17.6 Å². The fourth-order valence-corrected chi connectivity index (χ4v) is 1.09. The van der Waals surface area contributed by atoms with Crippen LogP contribution in [0.3, 0.4) is 0 Å². The van der Waals surface area contributed by atoms with Crippen LogP contribution in [-0.4, -0.2) is 51.1 Å². The van der Waals surface area contributed by atoms with Crippen LogP contribution in [0.2, 0.25) is 0 Å². The van der Waals surface area contributed by atoms with Crippen molar-refractivity contribution < 1.29 is 27.4 Å². The number of halogens is 3. The summed E-state index contributed by atoms with van der Waals surface area (Å²) in [5, 5.41) is 2.17. The molecule has 0 aromatic rings. The molecule has 114 valence electrons. The summed E-state index contributed by atoms with van der Waals surface area (Å²) in [6, 6.07) is 0. The second-order valence-electron chi connectivity index (χ2n) is 4.27. The van der Waals surface area contributed by atoms with E-state index >= 15 is 0 Å². The SMILES string of the molecule is COCCOCCCCNC(=O)C(C)(N)C(F)(F)F. The average molecular weight is 286 g/mol. The van der Waals surface area contributed by atoms with E-state index in [0.29, 0.717) is 39.6 Å². The van der Waals surface area contributed by atoms with Crippen molar-refractivity contribution in [1.29, 1.82) is 0 Å². The third-order valence-corrected chi connectivity index (χ3v) is 2.49. The average Bonchev–Trinajstić information content (AvgIpc) is 2.30. The topological polar surface area (TPSA) is 73.6 Å². The lowest BCUT2D eigenvalue weighted by atomic mass is 10.0. The Kier molecular flexibility index (Phi) is 7.96. The molecule has 0 rings (SSSR count). The second-order valence-corrected chi connectivity index (χ2v) is 4.27. The Morgan fingerprint density at radius 1 is 1.21 bits per heavy atom. The zero-order valence-electron chi connectivity index (χ0n) is 11.2. The van der Waals surface area contributed by atoms with E-state index in [4.69, 9.17) is 15.2 Å². The number of hydrogen-bond donors (Lipinski definition) is 2. The van der Waals surface area contributed by atoms with Crippen LogP contribution in [0.1, 0.15) is 19.8 Å². The van der Waals surface area contributed by atoms with Gasteiger partial charge in [-0.1, -0.05) is 0 Å². The van der Waals surface area contributed by atoms with Crippen molar-refractivity contribution in [3.63, 3.8) is 0 Å². The standard InChI is InChI=1S/C11H21F3N2O3/c1-10(15,11(12,13)14)9(17)16-5-3-4-6-19-8-7-18-2/h3-8,15H2,1-2H3,(H,16,17). The molecule has 0 radical (unpaired) electrons. The zero-order chi connectivity index (χ0) is 14.9. The molecule has 0 fully saturated rings. The van der Waals surface area contributed by atoms with Gasteiger partial charge in [0.25, 0.3) is 0 Å². The molecule has 5 nitrogen and oxygen atoms in total. The van der Waals surface area contributed by atoms with E-state index in [1.807, 2.05) is 0 Å². The van der Waals surface area contributed by atoms with Crippen molar-refractivity contribution >= 4 is 5.91 Å². The van der Waals surface area contributed by atoms with Gasteiger partial charge in [-0.05, 0) is 19.8 Å². The summed E-state index contributed by atoms with van der Waals surface area (Å²) in [5.41, 5.74) is 2.10. The molecular weight excluding hydrogens is 265 g/mol. The van der Waals surface area contributed by atoms with Crippen LogP contribution < -0.4 is 11.1 Å². The molecular formula is C11H21F3N2O3. The number of nitrogens with one attached hydrogen (secondary N) is 1. The highest BCUT2D eigenvalue weighted by Gasteiger charge is 2.53. The first-order valence-corrected chi connectivity index (χ1v) is 5.94. The number of carbonyl (C=O) groups is 1. The van der Waals surface area contributed by atoms with Crippen molar-refractivity contribution in [2.24, 2.45) is 5.73 Å². The lowest BCUT2D eigenvalue weighted by molar-refractivity contribution is -0.187. The third kappa shape index (κ3) is 6.74. The number of carbonyl (C=O) groups excluding carboxylic acids is 1. The van der Waals surface area contributed by atoms with Gasteiger partial charge in [0.1, 0.15) is 0 Å². The minimum absolute atomic E-state index is 0.134. The highest BCUT2D eigenvalue weighted by atomic mass is 19.4. The monoisotopic (exact) mass is 286 g/mol. The maximum absolute atomic E-state index is 12.4. The quantitative estimate of drug-likeness (QED) is 0.616. The number of amides is 1. The van der Waals surface area contributed by atoms with Crippen molar-refractivity contribution in [2.45, 2.75) is 31.5 Å². The molecule has 0 aliphatic heterocycles. The molecule has 1 atom stereocenters. The number of rotatable bonds is 9. The van der Waals surface area contributed by atoms with Gasteiger partial charge in [-0.25, -0.2) is 0 Å². The van der Waals surface area contributed by atoms with E-state index in [2.05, 4.69) is 5.32 Å². The van der Waals surface area contributed by atoms with E-state index in [9.17, 15) is 18.0 Å². The van der Waals surface area contributed by atoms with Gasteiger partial charge in [-0.3, -0.25) is 4.79 Å². The van der Waals surface area contributed by atoms with Crippen molar-refractivity contribution in [1.82, 2.24) is 5.32 Å². The first kappa shape index (κ1) is 18.1. The molecule has 0 saturated heterocycles. The van der Waals surface area contributed by atoms with Crippen LogP contribution in [-0.2, 0) is 14.3 Å². The molecule has 1 amide bonds. The summed E-state index contributed by atoms with van der Waals surface area (Å²) in [4.78, 5) is 11.3. The summed E-state index contributed by atoms with van der Waals surface area (Å²) in [5.74, 6) is -1.22. The normalized spacial score (nSPS) is 15.1. The fraction of sp³-hybridized carbons (Fsp3) is 0.909. The Morgan fingerprint density at radius 2 is 1.84 bits per heavy atom. The van der Waals surface area contributed by atoms with Crippen LogP contribution in [0.15, 0.2) is 0 Å². The largest absolute Gasteiger partial charge is 0.415 e. The van der Waals surface area contributed by atoms with Gasteiger partial charge >= 0.3 is 6.18 Å². The maximum Gasteiger partial charge on any atom is 0.415 e. The molecule has 0 saturated carbocycles. The summed E-state index contributed by atoms with van der Waals surface area (Å²) in [6.45, 7) is 2.22. The summed E-state index contributed by atoms with van der Waals surface area (Å²) >= 11 is 0. The molecule has 0 heterocycles. The van der Waals surface area contributed by atoms with Gasteiger partial charge in [-0.15, -0.1) is 0 Å². The van der Waals surface area contributed by atoms with E-state index in [1.165, 1.54) is 0 Å². The smallest absolute Gasteiger partial charge is 0.382 e. The van der Waals surface area contributed by atoms with Crippen molar-refractivity contribution in [3.05, 3.63) is 0 Å². The summed E-state index contributed by atoms with van der Waals surface area (Å²) in [7, 11) is 1.56. The molecule has 0 aliphatic carbocycles. The fourth-order valence-electron chi connectivity index (χ4n) is 1.09. The predicted molar refractivity (Wildman–Crippen MR) is 63.6 cm³/mol. The highest BCUT2D eigenvalue weighted by molar-refractivity contribution is 5.86. The number of nitrogens with two attached hydrogens (primary N) is 1. The molecule has 0 aromatic carbocycles. The van der Waals surface area contributed by atoms with E-state index in [0.717, 1.165) is 0 Å². The van der Waals surface area contributed by atoms with Gasteiger partial charge in [0.2, 0.25) is 5.91 Å². The Morgan fingerprint density at radius 3 is 2.37 bits per heavy atom. The number of methoxy groups -OCH3 is 1. The third-order valence-electron chi connectivity index (χ3n) is 2.49.